The molecule has 5 nitrogen and oxygen atoms in total. The Hall–Kier alpha value is -1.41. The van der Waals surface area contributed by atoms with Gasteiger partial charge in [0.25, 0.3) is 0 Å². The Labute approximate surface area is 202 Å². The van der Waals surface area contributed by atoms with E-state index in [9.17, 15) is 4.79 Å². The molecule has 2 aromatic carbocycles. The summed E-state index contributed by atoms with van der Waals surface area (Å²) in [5.41, 5.74) is 2.72. The molecule has 2 heterocycles. The molecule has 0 radical (unpaired) electrons. The van der Waals surface area contributed by atoms with E-state index in [1.807, 2.05) is 43.3 Å². The fourth-order valence-electron chi connectivity index (χ4n) is 3.55. The van der Waals surface area contributed by atoms with Gasteiger partial charge in [0.15, 0.2) is 5.13 Å². The van der Waals surface area contributed by atoms with Crippen molar-refractivity contribution in [2.24, 2.45) is 0 Å². The van der Waals surface area contributed by atoms with Gasteiger partial charge in [-0.2, -0.15) is 0 Å². The maximum Gasteiger partial charge on any atom is 0.233 e. The number of morpholine rings is 1. The van der Waals surface area contributed by atoms with Crippen LogP contribution in [0.1, 0.15) is 11.1 Å². The number of aromatic nitrogens is 1. The quantitative estimate of drug-likeness (QED) is 0.464. The van der Waals surface area contributed by atoms with Crippen LogP contribution in [0, 0.1) is 6.92 Å². The van der Waals surface area contributed by atoms with Gasteiger partial charge in [0, 0.05) is 36.2 Å². The van der Waals surface area contributed by atoms with Crippen molar-refractivity contribution in [3.63, 3.8) is 0 Å². The molecule has 0 saturated carbocycles. The van der Waals surface area contributed by atoms with E-state index in [0.29, 0.717) is 21.7 Å². The summed E-state index contributed by atoms with van der Waals surface area (Å²) in [5.74, 6) is -0.0147. The van der Waals surface area contributed by atoms with Crippen LogP contribution < -0.4 is 4.90 Å². The molecule has 9 heteroatoms. The van der Waals surface area contributed by atoms with E-state index in [4.69, 9.17) is 32.9 Å². The summed E-state index contributed by atoms with van der Waals surface area (Å²) >= 11 is 14.0. The van der Waals surface area contributed by atoms with Crippen LogP contribution in [0.4, 0.5) is 5.13 Å². The van der Waals surface area contributed by atoms with Gasteiger partial charge in [-0.05, 0) is 36.2 Å². The minimum absolute atomic E-state index is 0. The van der Waals surface area contributed by atoms with Gasteiger partial charge in [0.05, 0.1) is 29.9 Å². The number of fused-ring (bicyclic) bond motifs is 1. The molecule has 0 aliphatic carbocycles. The minimum Gasteiger partial charge on any atom is -0.379 e. The number of hydrogen-bond acceptors (Lipinski definition) is 5. The van der Waals surface area contributed by atoms with Crippen molar-refractivity contribution in [2.45, 2.75) is 13.3 Å². The highest BCUT2D eigenvalue weighted by Gasteiger charge is 2.23. The second-order valence-corrected chi connectivity index (χ2v) is 9.19. The molecule has 0 atom stereocenters. The van der Waals surface area contributed by atoms with Crippen LogP contribution in [0.5, 0.6) is 0 Å². The molecule has 0 spiro atoms. The number of ether oxygens (including phenoxy) is 1. The zero-order valence-corrected chi connectivity index (χ0v) is 20.3. The van der Waals surface area contributed by atoms with E-state index in [0.717, 1.165) is 54.2 Å². The number of carbonyl (C=O) groups is 1. The second kappa shape index (κ2) is 10.9. The zero-order chi connectivity index (χ0) is 21.1. The van der Waals surface area contributed by atoms with Gasteiger partial charge in [-0.15, -0.1) is 12.4 Å². The van der Waals surface area contributed by atoms with Gasteiger partial charge in [-0.1, -0.05) is 52.7 Å². The Kier molecular flexibility index (Phi) is 8.56. The number of nitrogens with zero attached hydrogens (tertiary/aromatic N) is 3. The lowest BCUT2D eigenvalue weighted by molar-refractivity contribution is -0.118. The van der Waals surface area contributed by atoms with Crippen molar-refractivity contribution in [2.75, 3.05) is 44.3 Å². The lowest BCUT2D eigenvalue weighted by Gasteiger charge is -2.29. The topological polar surface area (TPSA) is 45.7 Å². The zero-order valence-electron chi connectivity index (χ0n) is 17.1. The molecule has 1 aromatic heterocycles. The molecule has 0 N–H and O–H groups in total. The Morgan fingerprint density at radius 3 is 2.71 bits per heavy atom. The summed E-state index contributed by atoms with van der Waals surface area (Å²) in [7, 11) is 0. The van der Waals surface area contributed by atoms with Gasteiger partial charge in [0.1, 0.15) is 0 Å². The van der Waals surface area contributed by atoms with Crippen LogP contribution in [-0.4, -0.2) is 55.2 Å². The van der Waals surface area contributed by atoms with Crippen molar-refractivity contribution in [3.8, 4) is 0 Å². The second-order valence-electron chi connectivity index (χ2n) is 7.33. The predicted octanol–water partition coefficient (Wildman–Crippen LogP) is 5.24. The maximum absolute atomic E-state index is 13.3. The lowest BCUT2D eigenvalue weighted by Crippen LogP contribution is -2.43. The molecule has 1 aliphatic rings. The fourth-order valence-corrected chi connectivity index (χ4v) is 5.22. The molecule has 0 unspecified atom stereocenters. The molecule has 1 saturated heterocycles. The summed E-state index contributed by atoms with van der Waals surface area (Å²) in [5, 5.41) is 1.98. The molecule has 31 heavy (non-hydrogen) atoms. The Bertz CT molecular complexity index is 1050. The third kappa shape index (κ3) is 5.89. The third-order valence-electron chi connectivity index (χ3n) is 5.21. The van der Waals surface area contributed by atoms with Crippen LogP contribution >= 0.6 is 46.9 Å². The van der Waals surface area contributed by atoms with Crippen molar-refractivity contribution in [3.05, 3.63) is 57.6 Å². The van der Waals surface area contributed by atoms with Crippen LogP contribution in [0.25, 0.3) is 10.2 Å². The number of anilines is 1. The van der Waals surface area contributed by atoms with Gasteiger partial charge in [-0.25, -0.2) is 4.98 Å². The van der Waals surface area contributed by atoms with Gasteiger partial charge >= 0.3 is 0 Å². The summed E-state index contributed by atoms with van der Waals surface area (Å²) in [6.07, 6.45) is 0.235. The lowest BCUT2D eigenvalue weighted by atomic mass is 10.1. The molecule has 166 valence electrons. The Balaban J connectivity index is 0.00000272. The van der Waals surface area contributed by atoms with Crippen LogP contribution in [0.3, 0.4) is 0 Å². The van der Waals surface area contributed by atoms with Crippen LogP contribution in [-0.2, 0) is 16.0 Å². The smallest absolute Gasteiger partial charge is 0.233 e. The van der Waals surface area contributed by atoms with Gasteiger partial charge in [-0.3, -0.25) is 14.6 Å². The van der Waals surface area contributed by atoms with Crippen molar-refractivity contribution < 1.29 is 9.53 Å². The van der Waals surface area contributed by atoms with Gasteiger partial charge < -0.3 is 4.74 Å². The first-order valence-electron chi connectivity index (χ1n) is 9.92. The highest BCUT2D eigenvalue weighted by atomic mass is 35.5. The summed E-state index contributed by atoms with van der Waals surface area (Å²) in [6, 6.07) is 11.3. The molecule has 0 bridgehead atoms. The number of halogens is 3. The van der Waals surface area contributed by atoms with E-state index < -0.39 is 0 Å². The number of thiazole rings is 1. The molecular weight excluding hydrogens is 477 g/mol. The minimum atomic E-state index is -0.0147. The maximum atomic E-state index is 13.3. The summed E-state index contributed by atoms with van der Waals surface area (Å²) in [4.78, 5) is 22.2. The number of aryl methyl sites for hydroxylation is 1. The first kappa shape index (κ1) is 24.2. The van der Waals surface area contributed by atoms with Crippen LogP contribution in [0.15, 0.2) is 36.4 Å². The summed E-state index contributed by atoms with van der Waals surface area (Å²) in [6.45, 7) is 6.53. The average molecular weight is 501 g/mol. The standard InChI is InChI=1S/C22H23Cl2N3O2S.ClH/c1-15-12-17(23)14-19-21(15)25-22(30-19)27(7-6-26-8-10-29-11-9-26)20(28)13-16-4-2-3-5-18(16)24;/h2-5,12,14H,6-11,13H2,1H3;1H. The number of hydrogen-bond donors (Lipinski definition) is 0. The highest BCUT2D eigenvalue weighted by molar-refractivity contribution is 7.22. The van der Waals surface area contributed by atoms with E-state index in [1.54, 1.807) is 4.90 Å². The monoisotopic (exact) mass is 499 g/mol. The normalized spacial score (nSPS) is 14.4. The SMILES string of the molecule is Cc1cc(Cl)cc2sc(N(CCN3CCOCC3)C(=O)Cc3ccccc3Cl)nc12.Cl. The molecule has 3 aromatic rings. The first-order valence-corrected chi connectivity index (χ1v) is 11.5. The van der Waals surface area contributed by atoms with E-state index in [1.165, 1.54) is 11.3 Å². The van der Waals surface area contributed by atoms with Crippen molar-refractivity contribution >= 4 is 68.2 Å². The average Bonchev–Trinajstić information content (AvgIpc) is 3.14. The predicted molar refractivity (Wildman–Crippen MR) is 131 cm³/mol. The van der Waals surface area contributed by atoms with E-state index in [-0.39, 0.29) is 24.7 Å². The molecule has 1 fully saturated rings. The Morgan fingerprint density at radius 1 is 1.23 bits per heavy atom. The van der Waals surface area contributed by atoms with Gasteiger partial charge in [0.2, 0.25) is 5.91 Å². The largest absolute Gasteiger partial charge is 0.379 e. The first-order chi connectivity index (χ1) is 14.5. The number of carbonyl (C=O) groups excluding carboxylic acids is 1. The van der Waals surface area contributed by atoms with Crippen molar-refractivity contribution in [1.29, 1.82) is 0 Å². The molecular formula is C22H24Cl3N3O2S. The number of rotatable bonds is 6. The summed E-state index contributed by atoms with van der Waals surface area (Å²) < 4.78 is 6.42. The number of benzene rings is 2. The highest BCUT2D eigenvalue weighted by Crippen LogP contribution is 2.33. The molecule has 1 amide bonds. The van der Waals surface area contributed by atoms with E-state index in [2.05, 4.69) is 4.90 Å². The fraction of sp³-hybridized carbons (Fsp3) is 0.364. The van der Waals surface area contributed by atoms with E-state index >= 15 is 0 Å². The molecule has 4 rings (SSSR count). The Morgan fingerprint density at radius 2 is 1.97 bits per heavy atom. The third-order valence-corrected chi connectivity index (χ3v) is 6.83. The molecule has 1 aliphatic heterocycles. The van der Waals surface area contributed by atoms with Crippen molar-refractivity contribution in [1.82, 2.24) is 9.88 Å². The number of amides is 1. The van der Waals surface area contributed by atoms with Crippen LogP contribution in [0.2, 0.25) is 10.0 Å².